The number of hydrogen-bond donors (Lipinski definition) is 1. The van der Waals surface area contributed by atoms with Crippen LogP contribution in [0, 0.1) is 11.8 Å². The molecule has 2 unspecified atom stereocenters. The quantitative estimate of drug-likeness (QED) is 0.932. The fourth-order valence-electron chi connectivity index (χ4n) is 2.59. The summed E-state index contributed by atoms with van der Waals surface area (Å²) < 4.78 is 0. The zero-order chi connectivity index (χ0) is 16.4. The van der Waals surface area contributed by atoms with Gasteiger partial charge < -0.3 is 10.2 Å². The predicted octanol–water partition coefficient (Wildman–Crippen LogP) is 3.58. The van der Waals surface area contributed by atoms with E-state index in [0.29, 0.717) is 17.1 Å². The lowest BCUT2D eigenvalue weighted by molar-refractivity contribution is -0.123. The fourth-order valence-corrected chi connectivity index (χ4v) is 2.78. The molecular formula is C18H17ClN2O2. The number of nitrogens with one attached hydrogen (secondary N) is 1. The molecule has 5 heteroatoms. The van der Waals surface area contributed by atoms with Crippen molar-refractivity contribution in [1.29, 1.82) is 0 Å². The lowest BCUT2D eigenvalue weighted by atomic mass is 10.2. The molecule has 4 nitrogen and oxygen atoms in total. The van der Waals surface area contributed by atoms with Crippen LogP contribution in [0.3, 0.4) is 0 Å². The maximum atomic E-state index is 12.5. The Morgan fingerprint density at radius 2 is 1.83 bits per heavy atom. The number of hydrogen-bond acceptors (Lipinski definition) is 2. The van der Waals surface area contributed by atoms with Crippen LogP contribution in [-0.2, 0) is 9.59 Å². The minimum atomic E-state index is -0.271. The average molecular weight is 329 g/mol. The van der Waals surface area contributed by atoms with E-state index >= 15 is 0 Å². The number of rotatable bonds is 4. The third-order valence-corrected chi connectivity index (χ3v) is 4.25. The van der Waals surface area contributed by atoms with Gasteiger partial charge in [0.05, 0.1) is 11.8 Å². The van der Waals surface area contributed by atoms with E-state index < -0.39 is 0 Å². The molecule has 0 radical (unpaired) electrons. The second kappa shape index (κ2) is 6.42. The Labute approximate surface area is 140 Å². The Morgan fingerprint density at radius 1 is 1.09 bits per heavy atom. The molecule has 118 valence electrons. The largest absolute Gasteiger partial charge is 0.326 e. The molecule has 0 heterocycles. The predicted molar refractivity (Wildman–Crippen MR) is 91.5 cm³/mol. The summed E-state index contributed by atoms with van der Waals surface area (Å²) in [5, 5.41) is 3.38. The van der Waals surface area contributed by atoms with Crippen molar-refractivity contribution in [1.82, 2.24) is 0 Å². The molecule has 2 amide bonds. The van der Waals surface area contributed by atoms with Crippen molar-refractivity contribution in [2.45, 2.75) is 6.42 Å². The number of benzene rings is 2. The van der Waals surface area contributed by atoms with Gasteiger partial charge in [-0.1, -0.05) is 35.9 Å². The van der Waals surface area contributed by atoms with Gasteiger partial charge in [0.15, 0.2) is 0 Å². The Hall–Kier alpha value is -2.33. The molecule has 1 saturated carbocycles. The van der Waals surface area contributed by atoms with E-state index in [1.54, 1.807) is 36.2 Å². The van der Waals surface area contributed by atoms with E-state index in [2.05, 4.69) is 5.32 Å². The molecule has 2 aromatic carbocycles. The molecule has 1 N–H and O–H groups in total. The monoisotopic (exact) mass is 328 g/mol. The van der Waals surface area contributed by atoms with Crippen molar-refractivity contribution < 1.29 is 9.59 Å². The van der Waals surface area contributed by atoms with Gasteiger partial charge in [-0.15, -0.1) is 0 Å². The first-order valence-electron chi connectivity index (χ1n) is 7.45. The molecule has 0 bridgehead atoms. The van der Waals surface area contributed by atoms with E-state index in [1.807, 2.05) is 30.3 Å². The van der Waals surface area contributed by atoms with Gasteiger partial charge in [-0.2, -0.15) is 0 Å². The van der Waals surface area contributed by atoms with Crippen LogP contribution in [0.5, 0.6) is 0 Å². The lowest BCUT2D eigenvalue weighted by Crippen LogP contribution is -2.29. The highest BCUT2D eigenvalue weighted by molar-refractivity contribution is 6.30. The molecule has 0 aromatic heterocycles. The van der Waals surface area contributed by atoms with Gasteiger partial charge in [0.2, 0.25) is 11.8 Å². The van der Waals surface area contributed by atoms with Crippen LogP contribution in [0.1, 0.15) is 6.42 Å². The van der Waals surface area contributed by atoms with Gasteiger partial charge in [-0.25, -0.2) is 0 Å². The number of carbonyl (C=O) groups is 2. The summed E-state index contributed by atoms with van der Waals surface area (Å²) in [5.74, 6) is -0.679. The van der Waals surface area contributed by atoms with Gasteiger partial charge in [-0.05, 0) is 36.8 Å². The normalized spacial score (nSPS) is 19.0. The topological polar surface area (TPSA) is 49.4 Å². The highest BCUT2D eigenvalue weighted by Gasteiger charge is 2.49. The second-order valence-corrected chi connectivity index (χ2v) is 6.12. The van der Waals surface area contributed by atoms with Crippen LogP contribution in [-0.4, -0.2) is 18.9 Å². The minimum absolute atomic E-state index is 0.0255. The third kappa shape index (κ3) is 3.54. The fraction of sp³-hybridized carbons (Fsp3) is 0.222. The van der Waals surface area contributed by atoms with Crippen LogP contribution < -0.4 is 10.2 Å². The molecular weight excluding hydrogens is 312 g/mol. The minimum Gasteiger partial charge on any atom is -0.326 e. The summed E-state index contributed by atoms with van der Waals surface area (Å²) in [6, 6.07) is 16.4. The zero-order valence-electron chi connectivity index (χ0n) is 12.7. The molecule has 2 atom stereocenters. The van der Waals surface area contributed by atoms with Crippen LogP contribution in [0.2, 0.25) is 5.02 Å². The van der Waals surface area contributed by atoms with E-state index in [0.717, 1.165) is 5.69 Å². The van der Waals surface area contributed by atoms with Crippen LogP contribution >= 0.6 is 11.6 Å². The standard InChI is InChI=1S/C18H17ClN2O2/c1-21(14-8-3-2-4-9-14)18(23)16-11-15(16)17(22)20-13-7-5-6-12(19)10-13/h2-10,15-16H,11H2,1H3,(H,20,22). The Kier molecular flexibility index (Phi) is 4.35. The van der Waals surface area contributed by atoms with E-state index in [4.69, 9.17) is 11.6 Å². The summed E-state index contributed by atoms with van der Waals surface area (Å²) in [6.45, 7) is 0. The molecule has 0 spiro atoms. The molecule has 1 aliphatic carbocycles. The summed E-state index contributed by atoms with van der Waals surface area (Å²) in [7, 11) is 1.74. The average Bonchev–Trinajstić information content (AvgIpc) is 3.35. The summed E-state index contributed by atoms with van der Waals surface area (Å²) in [5.41, 5.74) is 1.48. The second-order valence-electron chi connectivity index (χ2n) is 5.68. The van der Waals surface area contributed by atoms with Crippen molar-refractivity contribution in [2.75, 3.05) is 17.3 Å². The molecule has 1 aliphatic rings. The van der Waals surface area contributed by atoms with E-state index in [9.17, 15) is 9.59 Å². The van der Waals surface area contributed by atoms with Gasteiger partial charge in [-0.3, -0.25) is 9.59 Å². The Morgan fingerprint density at radius 3 is 2.52 bits per heavy atom. The Balaban J connectivity index is 1.60. The first-order valence-corrected chi connectivity index (χ1v) is 7.83. The van der Waals surface area contributed by atoms with Crippen LogP contribution in [0.25, 0.3) is 0 Å². The number of carbonyl (C=O) groups excluding carboxylic acids is 2. The van der Waals surface area contributed by atoms with Gasteiger partial charge >= 0.3 is 0 Å². The molecule has 1 fully saturated rings. The number of amides is 2. The van der Waals surface area contributed by atoms with Gasteiger partial charge in [0.1, 0.15) is 0 Å². The summed E-state index contributed by atoms with van der Waals surface area (Å²) in [6.07, 6.45) is 0.586. The summed E-state index contributed by atoms with van der Waals surface area (Å²) in [4.78, 5) is 26.3. The molecule has 0 saturated heterocycles. The van der Waals surface area contributed by atoms with Gasteiger partial charge in [0.25, 0.3) is 0 Å². The van der Waals surface area contributed by atoms with Crippen molar-refractivity contribution >= 4 is 34.8 Å². The Bertz CT molecular complexity index is 733. The maximum absolute atomic E-state index is 12.5. The highest BCUT2D eigenvalue weighted by Crippen LogP contribution is 2.41. The van der Waals surface area contributed by atoms with Crippen LogP contribution in [0.15, 0.2) is 54.6 Å². The zero-order valence-corrected chi connectivity index (χ0v) is 13.5. The third-order valence-electron chi connectivity index (χ3n) is 4.01. The first kappa shape index (κ1) is 15.6. The van der Waals surface area contributed by atoms with E-state index in [-0.39, 0.29) is 23.7 Å². The number of nitrogens with zero attached hydrogens (tertiary/aromatic N) is 1. The van der Waals surface area contributed by atoms with E-state index in [1.165, 1.54) is 0 Å². The van der Waals surface area contributed by atoms with Crippen molar-refractivity contribution in [3.63, 3.8) is 0 Å². The maximum Gasteiger partial charge on any atom is 0.230 e. The highest BCUT2D eigenvalue weighted by atomic mass is 35.5. The number of halogens is 1. The molecule has 3 rings (SSSR count). The number of para-hydroxylation sites is 1. The first-order chi connectivity index (χ1) is 11.1. The smallest absolute Gasteiger partial charge is 0.230 e. The van der Waals surface area contributed by atoms with Crippen molar-refractivity contribution in [2.24, 2.45) is 11.8 Å². The van der Waals surface area contributed by atoms with Gasteiger partial charge in [0, 0.05) is 23.4 Å². The molecule has 2 aromatic rings. The summed E-state index contributed by atoms with van der Waals surface area (Å²) >= 11 is 5.90. The molecule has 0 aliphatic heterocycles. The lowest BCUT2D eigenvalue weighted by Gasteiger charge is -2.17. The van der Waals surface area contributed by atoms with Crippen LogP contribution in [0.4, 0.5) is 11.4 Å². The molecule has 23 heavy (non-hydrogen) atoms. The van der Waals surface area contributed by atoms with Crippen molar-refractivity contribution in [3.05, 3.63) is 59.6 Å². The van der Waals surface area contributed by atoms with Crippen molar-refractivity contribution in [3.8, 4) is 0 Å². The number of anilines is 2. The SMILES string of the molecule is CN(C(=O)C1CC1C(=O)Nc1cccc(Cl)c1)c1ccccc1.